The summed E-state index contributed by atoms with van der Waals surface area (Å²) < 4.78 is 5.20. The summed E-state index contributed by atoms with van der Waals surface area (Å²) in [5.41, 5.74) is 5.94. The fourth-order valence-corrected chi connectivity index (χ4v) is 2.20. The smallest absolute Gasteiger partial charge is 0.229 e. The van der Waals surface area contributed by atoms with Gasteiger partial charge in [0.2, 0.25) is 5.89 Å². The van der Waals surface area contributed by atoms with Gasteiger partial charge in [-0.25, -0.2) is 0 Å². The van der Waals surface area contributed by atoms with Crippen LogP contribution in [0.25, 0.3) is 0 Å². The van der Waals surface area contributed by atoms with Crippen LogP contribution in [0.2, 0.25) is 0 Å². The van der Waals surface area contributed by atoms with Gasteiger partial charge in [0.1, 0.15) is 0 Å². The maximum atomic E-state index is 6.28. The summed E-state index contributed by atoms with van der Waals surface area (Å²) in [6.45, 7) is 8.55. The zero-order valence-electron chi connectivity index (χ0n) is 10.5. The molecule has 1 aromatic heterocycles. The number of rotatable bonds is 3. The summed E-state index contributed by atoms with van der Waals surface area (Å²) in [4.78, 5) is 4.39. The SMILES string of the molecule is CC(C)c1nc(C2(N)CC(C(C)C)C2)no1. The molecular formula is C12H21N3O. The Labute approximate surface area is 96.6 Å². The highest BCUT2D eigenvalue weighted by atomic mass is 16.5. The van der Waals surface area contributed by atoms with E-state index >= 15 is 0 Å². The molecule has 1 aliphatic carbocycles. The van der Waals surface area contributed by atoms with Crippen LogP contribution in [-0.2, 0) is 5.54 Å². The standard InChI is InChI=1S/C12H21N3O/c1-7(2)9-5-12(13,6-9)11-14-10(8(3)4)16-15-11/h7-9H,5-6,13H2,1-4H3. The summed E-state index contributed by atoms with van der Waals surface area (Å²) in [7, 11) is 0. The second kappa shape index (κ2) is 3.84. The van der Waals surface area contributed by atoms with Crippen LogP contribution in [-0.4, -0.2) is 10.1 Å². The van der Waals surface area contributed by atoms with Crippen molar-refractivity contribution in [1.29, 1.82) is 0 Å². The number of hydrogen-bond acceptors (Lipinski definition) is 4. The largest absolute Gasteiger partial charge is 0.339 e. The number of aromatic nitrogens is 2. The van der Waals surface area contributed by atoms with Gasteiger partial charge in [0.25, 0.3) is 0 Å². The molecule has 16 heavy (non-hydrogen) atoms. The molecule has 4 nitrogen and oxygen atoms in total. The molecule has 2 N–H and O–H groups in total. The van der Waals surface area contributed by atoms with E-state index in [1.54, 1.807) is 0 Å². The minimum atomic E-state index is -0.342. The van der Waals surface area contributed by atoms with Crippen molar-refractivity contribution in [2.45, 2.75) is 52.0 Å². The zero-order chi connectivity index (χ0) is 11.9. The first-order chi connectivity index (χ1) is 7.42. The highest BCUT2D eigenvalue weighted by molar-refractivity contribution is 5.12. The molecule has 2 rings (SSSR count). The van der Waals surface area contributed by atoms with Crippen LogP contribution in [0, 0.1) is 11.8 Å². The third kappa shape index (κ3) is 1.86. The monoisotopic (exact) mass is 223 g/mol. The van der Waals surface area contributed by atoms with Crippen LogP contribution in [0.3, 0.4) is 0 Å². The topological polar surface area (TPSA) is 64.9 Å². The van der Waals surface area contributed by atoms with Crippen LogP contribution in [0.1, 0.15) is 58.2 Å². The average Bonchev–Trinajstić information content (AvgIpc) is 2.61. The van der Waals surface area contributed by atoms with E-state index in [4.69, 9.17) is 10.3 Å². The Bertz CT molecular complexity index is 364. The van der Waals surface area contributed by atoms with Gasteiger partial charge >= 0.3 is 0 Å². The molecule has 1 fully saturated rings. The first-order valence-electron chi connectivity index (χ1n) is 6.05. The van der Waals surface area contributed by atoms with Gasteiger partial charge in [0.15, 0.2) is 5.82 Å². The van der Waals surface area contributed by atoms with Gasteiger partial charge in [-0.3, -0.25) is 0 Å². The minimum absolute atomic E-state index is 0.269. The summed E-state index contributed by atoms with van der Waals surface area (Å²) in [5.74, 6) is 3.03. The molecule has 1 saturated carbocycles. The fourth-order valence-electron chi connectivity index (χ4n) is 2.20. The van der Waals surface area contributed by atoms with Gasteiger partial charge < -0.3 is 10.3 Å². The summed E-state index contributed by atoms with van der Waals surface area (Å²) in [6, 6.07) is 0. The normalized spacial score (nSPS) is 29.8. The molecule has 1 aliphatic rings. The van der Waals surface area contributed by atoms with Crippen LogP contribution < -0.4 is 5.73 Å². The van der Waals surface area contributed by atoms with E-state index in [1.165, 1.54) is 0 Å². The average molecular weight is 223 g/mol. The molecular weight excluding hydrogens is 202 g/mol. The lowest BCUT2D eigenvalue weighted by atomic mass is 9.64. The van der Waals surface area contributed by atoms with E-state index in [2.05, 4.69) is 24.0 Å². The third-order valence-corrected chi connectivity index (χ3v) is 3.58. The maximum absolute atomic E-state index is 6.28. The van der Waals surface area contributed by atoms with E-state index in [0.29, 0.717) is 23.6 Å². The lowest BCUT2D eigenvalue weighted by Gasteiger charge is -2.44. The molecule has 0 bridgehead atoms. The van der Waals surface area contributed by atoms with Crippen molar-refractivity contribution in [2.75, 3.05) is 0 Å². The van der Waals surface area contributed by atoms with Gasteiger partial charge in [-0.15, -0.1) is 0 Å². The molecule has 4 heteroatoms. The second-order valence-electron chi connectivity index (χ2n) is 5.68. The highest BCUT2D eigenvalue weighted by Gasteiger charge is 2.46. The number of hydrogen-bond donors (Lipinski definition) is 1. The molecule has 0 radical (unpaired) electrons. The van der Waals surface area contributed by atoms with E-state index in [-0.39, 0.29) is 11.5 Å². The maximum Gasteiger partial charge on any atom is 0.229 e. The van der Waals surface area contributed by atoms with Crippen molar-refractivity contribution in [1.82, 2.24) is 10.1 Å². The quantitative estimate of drug-likeness (QED) is 0.854. The van der Waals surface area contributed by atoms with Gasteiger partial charge in [0.05, 0.1) is 5.54 Å². The van der Waals surface area contributed by atoms with E-state index in [9.17, 15) is 0 Å². The first-order valence-corrected chi connectivity index (χ1v) is 6.05. The second-order valence-corrected chi connectivity index (χ2v) is 5.68. The Kier molecular flexibility index (Phi) is 2.78. The van der Waals surface area contributed by atoms with Crippen LogP contribution in [0.4, 0.5) is 0 Å². The molecule has 0 saturated heterocycles. The predicted octanol–water partition coefficient (Wildman–Crippen LogP) is 2.41. The van der Waals surface area contributed by atoms with Gasteiger partial charge in [-0.2, -0.15) is 4.98 Å². The minimum Gasteiger partial charge on any atom is -0.339 e. The van der Waals surface area contributed by atoms with E-state index < -0.39 is 0 Å². The van der Waals surface area contributed by atoms with Crippen LogP contribution >= 0.6 is 0 Å². The molecule has 1 heterocycles. The molecule has 0 aromatic carbocycles. The molecule has 0 amide bonds. The Morgan fingerprint density at radius 3 is 2.38 bits per heavy atom. The van der Waals surface area contributed by atoms with Gasteiger partial charge in [-0.1, -0.05) is 32.9 Å². The van der Waals surface area contributed by atoms with Crippen molar-refractivity contribution in [3.05, 3.63) is 11.7 Å². The summed E-state index contributed by atoms with van der Waals surface area (Å²) >= 11 is 0. The highest BCUT2D eigenvalue weighted by Crippen LogP contribution is 2.45. The van der Waals surface area contributed by atoms with Crippen molar-refractivity contribution in [3.8, 4) is 0 Å². The van der Waals surface area contributed by atoms with Crippen LogP contribution in [0.5, 0.6) is 0 Å². The van der Waals surface area contributed by atoms with Crippen molar-refractivity contribution < 1.29 is 4.52 Å². The van der Waals surface area contributed by atoms with E-state index in [1.807, 2.05) is 13.8 Å². The molecule has 0 spiro atoms. The zero-order valence-corrected chi connectivity index (χ0v) is 10.5. The Morgan fingerprint density at radius 1 is 1.31 bits per heavy atom. The van der Waals surface area contributed by atoms with Gasteiger partial charge in [-0.05, 0) is 24.7 Å². The molecule has 1 aromatic rings. The molecule has 0 atom stereocenters. The van der Waals surface area contributed by atoms with Crippen molar-refractivity contribution >= 4 is 0 Å². The Morgan fingerprint density at radius 2 is 1.94 bits per heavy atom. The number of nitrogens with zero attached hydrogens (tertiary/aromatic N) is 2. The summed E-state index contributed by atoms with van der Waals surface area (Å²) in [5, 5.41) is 4.01. The van der Waals surface area contributed by atoms with Crippen LogP contribution in [0.15, 0.2) is 4.52 Å². The fraction of sp³-hybridized carbons (Fsp3) is 0.833. The molecule has 0 unspecified atom stereocenters. The molecule has 90 valence electrons. The number of nitrogens with two attached hydrogens (primary N) is 1. The third-order valence-electron chi connectivity index (χ3n) is 3.58. The summed E-state index contributed by atoms with van der Waals surface area (Å²) in [6.07, 6.45) is 1.95. The predicted molar refractivity (Wildman–Crippen MR) is 61.8 cm³/mol. The van der Waals surface area contributed by atoms with E-state index in [0.717, 1.165) is 12.8 Å². The molecule has 0 aliphatic heterocycles. The lowest BCUT2D eigenvalue weighted by molar-refractivity contribution is 0.0944. The van der Waals surface area contributed by atoms with Crippen molar-refractivity contribution in [3.63, 3.8) is 0 Å². The Balaban J connectivity index is 2.08. The van der Waals surface area contributed by atoms with Gasteiger partial charge in [0, 0.05) is 5.92 Å². The van der Waals surface area contributed by atoms with Crippen molar-refractivity contribution in [2.24, 2.45) is 17.6 Å². The lowest BCUT2D eigenvalue weighted by Crippen LogP contribution is -2.51. The Hall–Kier alpha value is -0.900. The first kappa shape index (κ1) is 11.6.